The first-order valence-electron chi connectivity index (χ1n) is 3.33. The van der Waals surface area contributed by atoms with Crippen LogP contribution in [0.25, 0.3) is 0 Å². The largest absolute Gasteiger partial charge is 0.390 e. The van der Waals surface area contributed by atoms with Gasteiger partial charge in [-0.15, -0.1) is 0 Å². The molecule has 0 aromatic rings. The van der Waals surface area contributed by atoms with E-state index in [2.05, 4.69) is 0 Å². The van der Waals surface area contributed by atoms with E-state index in [0.29, 0.717) is 6.42 Å². The first-order chi connectivity index (χ1) is 4.22. The molecule has 0 aliphatic heterocycles. The van der Waals surface area contributed by atoms with Crippen molar-refractivity contribution in [2.24, 2.45) is 5.73 Å². The number of rotatable bonds is 0. The average Bonchev–Trinajstić information content (AvgIpc) is 1.83. The van der Waals surface area contributed by atoms with Crippen LogP contribution < -0.4 is 5.73 Å². The molecule has 0 unspecified atom stereocenters. The molecule has 0 spiro atoms. The molecule has 0 radical (unpaired) electrons. The van der Waals surface area contributed by atoms with Crippen LogP contribution >= 0.6 is 0 Å². The second kappa shape index (κ2) is 2.64. The second-order valence-corrected chi connectivity index (χ2v) is 2.65. The van der Waals surface area contributed by atoms with E-state index >= 15 is 0 Å². The van der Waals surface area contributed by atoms with Crippen molar-refractivity contribution in [1.82, 2.24) is 0 Å². The highest BCUT2D eigenvalue weighted by Gasteiger charge is 2.26. The van der Waals surface area contributed by atoms with Gasteiger partial charge in [0.25, 0.3) is 0 Å². The Morgan fingerprint density at radius 2 is 1.89 bits per heavy atom. The van der Waals surface area contributed by atoms with Gasteiger partial charge in [-0.1, -0.05) is 0 Å². The summed E-state index contributed by atoms with van der Waals surface area (Å²) >= 11 is 0. The van der Waals surface area contributed by atoms with Gasteiger partial charge in [0.2, 0.25) is 0 Å². The minimum atomic E-state index is -0.696. The van der Waals surface area contributed by atoms with Gasteiger partial charge in [-0.25, -0.2) is 0 Å². The van der Waals surface area contributed by atoms with E-state index in [1.54, 1.807) is 0 Å². The summed E-state index contributed by atoms with van der Waals surface area (Å²) in [6.07, 6.45) is 1.17. The zero-order chi connectivity index (χ0) is 6.85. The molecular formula is C6H13NO2. The van der Waals surface area contributed by atoms with E-state index in [4.69, 9.17) is 15.9 Å². The molecule has 0 aromatic carbocycles. The van der Waals surface area contributed by atoms with E-state index in [9.17, 15) is 0 Å². The fourth-order valence-corrected chi connectivity index (χ4v) is 1.19. The minimum absolute atomic E-state index is 0.214. The Morgan fingerprint density at radius 3 is 2.33 bits per heavy atom. The van der Waals surface area contributed by atoms with Gasteiger partial charge in [0, 0.05) is 6.04 Å². The highest BCUT2D eigenvalue weighted by molar-refractivity contribution is 4.83. The summed E-state index contributed by atoms with van der Waals surface area (Å²) in [5.41, 5.74) is 5.46. The van der Waals surface area contributed by atoms with E-state index in [1.807, 2.05) is 0 Å². The van der Waals surface area contributed by atoms with Crippen LogP contribution in [0.15, 0.2) is 0 Å². The molecule has 3 heteroatoms. The molecular weight excluding hydrogens is 118 g/mol. The van der Waals surface area contributed by atoms with Gasteiger partial charge in [-0.05, 0) is 19.3 Å². The fraction of sp³-hybridized carbons (Fsp3) is 1.00. The van der Waals surface area contributed by atoms with E-state index in [1.165, 1.54) is 0 Å². The smallest absolute Gasteiger partial charge is 0.0949 e. The molecule has 3 nitrogen and oxygen atoms in total. The molecule has 1 rings (SSSR count). The van der Waals surface area contributed by atoms with Gasteiger partial charge in [-0.3, -0.25) is 0 Å². The van der Waals surface area contributed by atoms with Crippen LogP contribution in [0.1, 0.15) is 19.3 Å². The van der Waals surface area contributed by atoms with Crippen LogP contribution in [-0.2, 0) is 0 Å². The van der Waals surface area contributed by atoms with Crippen molar-refractivity contribution in [3.05, 3.63) is 0 Å². The lowest BCUT2D eigenvalue weighted by molar-refractivity contribution is -0.0205. The lowest BCUT2D eigenvalue weighted by atomic mass is 9.91. The second-order valence-electron chi connectivity index (χ2n) is 2.65. The van der Waals surface area contributed by atoms with Gasteiger partial charge < -0.3 is 15.9 Å². The molecule has 9 heavy (non-hydrogen) atoms. The molecule has 0 saturated heterocycles. The number of nitrogens with two attached hydrogens (primary N) is 1. The van der Waals surface area contributed by atoms with Crippen molar-refractivity contribution < 1.29 is 10.2 Å². The Labute approximate surface area is 54.5 Å². The summed E-state index contributed by atoms with van der Waals surface area (Å²) < 4.78 is 0. The van der Waals surface area contributed by atoms with Gasteiger partial charge in [0.15, 0.2) is 0 Å². The summed E-state index contributed by atoms with van der Waals surface area (Å²) in [6, 6.07) is -0.214. The summed E-state index contributed by atoms with van der Waals surface area (Å²) in [6.45, 7) is 0. The van der Waals surface area contributed by atoms with Gasteiger partial charge in [-0.2, -0.15) is 0 Å². The number of aliphatic hydroxyl groups is 2. The van der Waals surface area contributed by atoms with Gasteiger partial charge in [0.05, 0.1) is 12.2 Å². The van der Waals surface area contributed by atoms with Crippen molar-refractivity contribution >= 4 is 0 Å². The summed E-state index contributed by atoms with van der Waals surface area (Å²) in [5.74, 6) is 0. The third kappa shape index (κ3) is 1.41. The first-order valence-corrected chi connectivity index (χ1v) is 3.33. The molecule has 4 N–H and O–H groups in total. The lowest BCUT2D eigenvalue weighted by Gasteiger charge is -2.28. The van der Waals surface area contributed by atoms with E-state index in [0.717, 1.165) is 12.8 Å². The van der Waals surface area contributed by atoms with Gasteiger partial charge in [0.1, 0.15) is 0 Å². The summed E-state index contributed by atoms with van der Waals surface area (Å²) in [5, 5.41) is 18.1. The van der Waals surface area contributed by atoms with Crippen LogP contribution in [0.5, 0.6) is 0 Å². The zero-order valence-corrected chi connectivity index (χ0v) is 5.33. The number of hydrogen-bond donors (Lipinski definition) is 3. The maximum Gasteiger partial charge on any atom is 0.0949 e. The monoisotopic (exact) mass is 131 g/mol. The Bertz CT molecular complexity index is 87.1. The standard InChI is InChI=1S/C6H13NO2/c7-4-2-1-3-5(8)6(4)9/h4-6,8-9H,1-3,7H2/t4-,5+,6+/m0/s1. The van der Waals surface area contributed by atoms with Crippen LogP contribution in [0, 0.1) is 0 Å². The topological polar surface area (TPSA) is 66.5 Å². The van der Waals surface area contributed by atoms with Gasteiger partial charge >= 0.3 is 0 Å². The zero-order valence-electron chi connectivity index (χ0n) is 5.33. The molecule has 54 valence electrons. The first kappa shape index (κ1) is 6.99. The Balaban J connectivity index is 2.41. The van der Waals surface area contributed by atoms with Crippen molar-refractivity contribution in [2.75, 3.05) is 0 Å². The van der Waals surface area contributed by atoms with Crippen molar-refractivity contribution in [3.8, 4) is 0 Å². The third-order valence-electron chi connectivity index (χ3n) is 1.87. The van der Waals surface area contributed by atoms with E-state index in [-0.39, 0.29) is 6.04 Å². The Morgan fingerprint density at radius 1 is 1.22 bits per heavy atom. The molecule has 0 amide bonds. The molecule has 0 aromatic heterocycles. The Hall–Kier alpha value is -0.120. The lowest BCUT2D eigenvalue weighted by Crippen LogP contribution is -2.46. The van der Waals surface area contributed by atoms with Crippen molar-refractivity contribution in [3.63, 3.8) is 0 Å². The molecule has 1 aliphatic carbocycles. The fourth-order valence-electron chi connectivity index (χ4n) is 1.19. The highest BCUT2D eigenvalue weighted by atomic mass is 16.3. The molecule has 1 saturated carbocycles. The average molecular weight is 131 g/mol. The number of aliphatic hydroxyl groups excluding tert-OH is 2. The predicted molar refractivity (Wildman–Crippen MR) is 33.8 cm³/mol. The highest BCUT2D eigenvalue weighted by Crippen LogP contribution is 2.16. The summed E-state index contributed by atoms with van der Waals surface area (Å²) in [4.78, 5) is 0. The van der Waals surface area contributed by atoms with Crippen LogP contribution in [0.4, 0.5) is 0 Å². The van der Waals surface area contributed by atoms with Crippen LogP contribution in [-0.4, -0.2) is 28.5 Å². The number of hydrogen-bond acceptors (Lipinski definition) is 3. The molecule has 0 heterocycles. The van der Waals surface area contributed by atoms with Crippen molar-refractivity contribution in [2.45, 2.75) is 37.5 Å². The quantitative estimate of drug-likeness (QED) is 0.404. The Kier molecular flexibility index (Phi) is 2.05. The molecule has 0 bridgehead atoms. The molecule has 1 fully saturated rings. The van der Waals surface area contributed by atoms with Crippen LogP contribution in [0.2, 0.25) is 0 Å². The maximum atomic E-state index is 9.07. The van der Waals surface area contributed by atoms with Crippen LogP contribution in [0.3, 0.4) is 0 Å². The van der Waals surface area contributed by atoms with Crippen molar-refractivity contribution in [1.29, 1.82) is 0 Å². The normalized spacial score (nSPS) is 45.0. The SMILES string of the molecule is N[C@H]1CCC[C@@H](O)[C@@H]1O. The molecule has 3 atom stereocenters. The summed E-state index contributed by atoms with van der Waals surface area (Å²) in [7, 11) is 0. The third-order valence-corrected chi connectivity index (χ3v) is 1.87. The minimum Gasteiger partial charge on any atom is -0.390 e. The molecule has 1 aliphatic rings. The maximum absolute atomic E-state index is 9.07. The van der Waals surface area contributed by atoms with E-state index < -0.39 is 12.2 Å². The predicted octanol–water partition coefficient (Wildman–Crippen LogP) is -0.781.